The molecule has 2 fully saturated rings. The number of benzene rings is 1. The second kappa shape index (κ2) is 6.73. The van der Waals surface area contributed by atoms with Gasteiger partial charge in [-0.1, -0.05) is 37.6 Å². The number of fused-ring (bicyclic) bond motifs is 1. The molecule has 1 saturated carbocycles. The largest absolute Gasteiger partial charge is 0.317 e. The maximum absolute atomic E-state index is 3.44. The zero-order valence-electron chi connectivity index (χ0n) is 12.8. The molecule has 1 heterocycles. The summed E-state index contributed by atoms with van der Waals surface area (Å²) in [4.78, 5) is 2.70. The van der Waals surface area contributed by atoms with Gasteiger partial charge in [0.2, 0.25) is 0 Å². The van der Waals surface area contributed by atoms with Crippen LogP contribution in [0.4, 0.5) is 0 Å². The van der Waals surface area contributed by atoms with Crippen molar-refractivity contribution in [1.82, 2.24) is 10.2 Å². The van der Waals surface area contributed by atoms with E-state index in [1.54, 1.807) is 5.56 Å². The smallest absolute Gasteiger partial charge is 0.0236 e. The lowest BCUT2D eigenvalue weighted by Gasteiger charge is -2.19. The van der Waals surface area contributed by atoms with Crippen LogP contribution in [0.15, 0.2) is 24.3 Å². The lowest BCUT2D eigenvalue weighted by atomic mass is 10.0. The van der Waals surface area contributed by atoms with Gasteiger partial charge in [0.1, 0.15) is 0 Å². The van der Waals surface area contributed by atoms with Gasteiger partial charge >= 0.3 is 0 Å². The lowest BCUT2D eigenvalue weighted by Crippen LogP contribution is -2.22. The number of rotatable bonds is 6. The first kappa shape index (κ1) is 14.1. The SMILES string of the molecule is CCNCCc1ccccc1CN1CC2CCCC2C1. The molecular weight excluding hydrogens is 244 g/mol. The molecule has 2 nitrogen and oxygen atoms in total. The van der Waals surface area contributed by atoms with Gasteiger partial charge in [-0.15, -0.1) is 0 Å². The summed E-state index contributed by atoms with van der Waals surface area (Å²) in [5.41, 5.74) is 3.08. The fourth-order valence-electron chi connectivity index (χ4n) is 4.06. The highest BCUT2D eigenvalue weighted by Gasteiger charge is 2.35. The molecule has 110 valence electrons. The summed E-state index contributed by atoms with van der Waals surface area (Å²) < 4.78 is 0. The Hall–Kier alpha value is -0.860. The molecule has 2 heteroatoms. The van der Waals surface area contributed by atoms with Crippen molar-refractivity contribution in [2.75, 3.05) is 26.2 Å². The highest BCUT2D eigenvalue weighted by Crippen LogP contribution is 2.38. The average Bonchev–Trinajstić information content (AvgIpc) is 3.02. The van der Waals surface area contributed by atoms with Crippen molar-refractivity contribution < 1.29 is 0 Å². The van der Waals surface area contributed by atoms with Crippen LogP contribution in [-0.4, -0.2) is 31.1 Å². The Morgan fingerprint density at radius 3 is 2.50 bits per heavy atom. The summed E-state index contributed by atoms with van der Waals surface area (Å²) in [6.45, 7) is 8.18. The van der Waals surface area contributed by atoms with Crippen molar-refractivity contribution in [3.8, 4) is 0 Å². The maximum Gasteiger partial charge on any atom is 0.0236 e. The number of hydrogen-bond acceptors (Lipinski definition) is 2. The van der Waals surface area contributed by atoms with Crippen LogP contribution in [0.5, 0.6) is 0 Å². The van der Waals surface area contributed by atoms with Gasteiger partial charge in [0.05, 0.1) is 0 Å². The van der Waals surface area contributed by atoms with Crippen LogP contribution >= 0.6 is 0 Å². The van der Waals surface area contributed by atoms with Crippen LogP contribution in [0, 0.1) is 11.8 Å². The molecule has 2 atom stereocenters. The molecule has 1 aromatic rings. The minimum atomic E-state index is 1.00. The number of likely N-dealkylation sites (N-methyl/N-ethyl adjacent to an activating group) is 1. The minimum absolute atomic E-state index is 1.00. The molecule has 1 aliphatic heterocycles. The summed E-state index contributed by atoms with van der Waals surface area (Å²) in [7, 11) is 0. The van der Waals surface area contributed by atoms with Crippen molar-refractivity contribution in [2.45, 2.75) is 39.2 Å². The third kappa shape index (κ3) is 3.24. The van der Waals surface area contributed by atoms with E-state index in [-0.39, 0.29) is 0 Å². The first-order valence-corrected chi connectivity index (χ1v) is 8.36. The van der Waals surface area contributed by atoms with E-state index >= 15 is 0 Å². The zero-order chi connectivity index (χ0) is 13.8. The first-order valence-electron chi connectivity index (χ1n) is 8.36. The number of nitrogens with one attached hydrogen (secondary N) is 1. The predicted octanol–water partition coefficient (Wildman–Crippen LogP) is 3.07. The molecular formula is C18H28N2. The quantitative estimate of drug-likeness (QED) is 0.801. The van der Waals surface area contributed by atoms with Crippen LogP contribution in [0.25, 0.3) is 0 Å². The van der Waals surface area contributed by atoms with E-state index in [9.17, 15) is 0 Å². The standard InChI is InChI=1S/C18H28N2/c1-2-19-11-10-15-6-3-4-7-16(15)12-20-13-17-8-5-9-18(17)14-20/h3-4,6-7,17-19H,2,5,8-14H2,1H3. The molecule has 0 bridgehead atoms. The van der Waals surface area contributed by atoms with Gasteiger partial charge in [-0.3, -0.25) is 4.90 Å². The van der Waals surface area contributed by atoms with Gasteiger partial charge in [0, 0.05) is 19.6 Å². The van der Waals surface area contributed by atoms with E-state index in [1.807, 2.05) is 0 Å². The molecule has 0 spiro atoms. The van der Waals surface area contributed by atoms with E-state index in [0.717, 1.165) is 37.9 Å². The maximum atomic E-state index is 3.44. The van der Waals surface area contributed by atoms with Crippen molar-refractivity contribution in [1.29, 1.82) is 0 Å². The molecule has 2 unspecified atom stereocenters. The summed E-state index contributed by atoms with van der Waals surface area (Å²) >= 11 is 0. The Morgan fingerprint density at radius 2 is 1.80 bits per heavy atom. The molecule has 3 rings (SSSR count). The average molecular weight is 272 g/mol. The van der Waals surface area contributed by atoms with Crippen LogP contribution in [0.1, 0.15) is 37.3 Å². The number of hydrogen-bond donors (Lipinski definition) is 1. The highest BCUT2D eigenvalue weighted by atomic mass is 15.2. The Kier molecular flexibility index (Phi) is 4.74. The van der Waals surface area contributed by atoms with Gasteiger partial charge in [-0.25, -0.2) is 0 Å². The topological polar surface area (TPSA) is 15.3 Å². The fourth-order valence-corrected chi connectivity index (χ4v) is 4.06. The van der Waals surface area contributed by atoms with Crippen molar-refractivity contribution in [2.24, 2.45) is 11.8 Å². The molecule has 1 N–H and O–H groups in total. The Balaban J connectivity index is 1.59. The van der Waals surface area contributed by atoms with Crippen molar-refractivity contribution in [3.05, 3.63) is 35.4 Å². The first-order chi connectivity index (χ1) is 9.86. The molecule has 2 aliphatic rings. The van der Waals surface area contributed by atoms with Gasteiger partial charge in [-0.2, -0.15) is 0 Å². The van der Waals surface area contributed by atoms with Gasteiger partial charge in [0.25, 0.3) is 0 Å². The molecule has 20 heavy (non-hydrogen) atoms. The van der Waals surface area contributed by atoms with E-state index in [4.69, 9.17) is 0 Å². The van der Waals surface area contributed by atoms with Crippen molar-refractivity contribution in [3.63, 3.8) is 0 Å². The highest BCUT2D eigenvalue weighted by molar-refractivity contribution is 5.27. The van der Waals surface area contributed by atoms with Crippen LogP contribution < -0.4 is 5.32 Å². The van der Waals surface area contributed by atoms with Gasteiger partial charge < -0.3 is 5.32 Å². The van der Waals surface area contributed by atoms with E-state index < -0.39 is 0 Å². The monoisotopic (exact) mass is 272 g/mol. The van der Waals surface area contributed by atoms with Gasteiger partial charge in [0.15, 0.2) is 0 Å². The second-order valence-electron chi connectivity index (χ2n) is 6.52. The van der Waals surface area contributed by atoms with Crippen LogP contribution in [0.2, 0.25) is 0 Å². The van der Waals surface area contributed by atoms with Gasteiger partial charge in [-0.05, 0) is 55.3 Å². The third-order valence-electron chi connectivity index (χ3n) is 5.14. The fraction of sp³-hybridized carbons (Fsp3) is 0.667. The minimum Gasteiger partial charge on any atom is -0.317 e. The second-order valence-corrected chi connectivity index (χ2v) is 6.52. The van der Waals surface area contributed by atoms with E-state index in [0.29, 0.717) is 0 Å². The molecule has 1 aliphatic carbocycles. The number of likely N-dealkylation sites (tertiary alicyclic amines) is 1. The summed E-state index contributed by atoms with van der Waals surface area (Å²) in [6.07, 6.45) is 5.58. The zero-order valence-corrected chi connectivity index (χ0v) is 12.8. The lowest BCUT2D eigenvalue weighted by molar-refractivity contribution is 0.302. The molecule has 0 amide bonds. The van der Waals surface area contributed by atoms with E-state index in [2.05, 4.69) is 41.4 Å². The Labute approximate surface area is 123 Å². The van der Waals surface area contributed by atoms with Crippen LogP contribution in [-0.2, 0) is 13.0 Å². The number of nitrogens with zero attached hydrogens (tertiary/aromatic N) is 1. The Morgan fingerprint density at radius 1 is 1.10 bits per heavy atom. The molecule has 0 aromatic heterocycles. The Bertz CT molecular complexity index is 417. The summed E-state index contributed by atoms with van der Waals surface area (Å²) in [5, 5.41) is 3.44. The normalized spacial score (nSPS) is 26.1. The van der Waals surface area contributed by atoms with E-state index in [1.165, 1.54) is 37.9 Å². The third-order valence-corrected chi connectivity index (χ3v) is 5.14. The van der Waals surface area contributed by atoms with Crippen LogP contribution in [0.3, 0.4) is 0 Å². The van der Waals surface area contributed by atoms with Crippen molar-refractivity contribution >= 4 is 0 Å². The predicted molar refractivity (Wildman–Crippen MR) is 84.8 cm³/mol. The molecule has 1 saturated heterocycles. The molecule has 0 radical (unpaired) electrons. The summed E-state index contributed by atoms with van der Waals surface area (Å²) in [6, 6.07) is 9.02. The molecule has 1 aromatic carbocycles. The summed E-state index contributed by atoms with van der Waals surface area (Å²) in [5.74, 6) is 2.01.